The van der Waals surface area contributed by atoms with Crippen molar-refractivity contribution in [2.45, 2.75) is 0 Å². The van der Waals surface area contributed by atoms with E-state index in [1.54, 1.807) is 12.1 Å². The number of hydrogen-bond donors (Lipinski definition) is 2. The summed E-state index contributed by atoms with van der Waals surface area (Å²) in [5, 5.41) is 24.8. The van der Waals surface area contributed by atoms with Gasteiger partial charge in [-0.1, -0.05) is 23.4 Å². The molecule has 0 aliphatic rings. The van der Waals surface area contributed by atoms with Gasteiger partial charge in [-0.05, 0) is 35.9 Å². The largest absolute Gasteiger partial charge is 0.870 e. The van der Waals surface area contributed by atoms with Gasteiger partial charge in [0.2, 0.25) is 0 Å². The molecule has 2 rings (SSSR count). The smallest absolute Gasteiger partial charge is 0.335 e. The van der Waals surface area contributed by atoms with Crippen molar-refractivity contribution in [2.75, 3.05) is 12.5 Å². The summed E-state index contributed by atoms with van der Waals surface area (Å²) in [5.74, 6) is -1.06. The standard InChI is InChI=1S/C15H13ClN2O4/c1-22-14-5-2-9(6-13(14)19)8-17-18-12-7-10(15(20)21)3-4-11(12)16/h2-8,18-19H,1H3,(H,20,21)/p-1/b17-8-. The Bertz CT molecular complexity index is 731. The van der Waals surface area contributed by atoms with Gasteiger partial charge in [-0.3, -0.25) is 5.43 Å². The van der Waals surface area contributed by atoms with Crippen molar-refractivity contribution in [3.05, 3.63) is 52.5 Å². The third kappa shape index (κ3) is 3.67. The van der Waals surface area contributed by atoms with Gasteiger partial charge < -0.3 is 14.9 Å². The van der Waals surface area contributed by atoms with E-state index in [0.717, 1.165) is 0 Å². The summed E-state index contributed by atoms with van der Waals surface area (Å²) in [4.78, 5) is 10.9. The predicted octanol–water partition coefficient (Wildman–Crippen LogP) is 2.57. The summed E-state index contributed by atoms with van der Waals surface area (Å²) >= 11 is 5.95. The van der Waals surface area contributed by atoms with Crippen LogP contribution in [0.2, 0.25) is 5.02 Å². The molecule has 0 aromatic heterocycles. The number of hydrazone groups is 1. The molecule has 0 radical (unpaired) electrons. The fraction of sp³-hybridized carbons (Fsp3) is 0.0667. The van der Waals surface area contributed by atoms with Crippen molar-refractivity contribution in [3.63, 3.8) is 0 Å². The molecule has 0 atom stereocenters. The molecule has 2 N–H and O–H groups in total. The maximum absolute atomic E-state index is 11.6. The average Bonchev–Trinajstić information content (AvgIpc) is 2.49. The summed E-state index contributed by atoms with van der Waals surface area (Å²) in [7, 11) is 1.42. The molecule has 0 amide bonds. The van der Waals surface area contributed by atoms with E-state index in [4.69, 9.17) is 21.4 Å². The number of benzene rings is 2. The summed E-state index contributed by atoms with van der Waals surface area (Å²) in [6.07, 6.45) is 1.42. The van der Waals surface area contributed by atoms with Gasteiger partial charge in [0, 0.05) is 0 Å². The molecule has 0 saturated heterocycles. The van der Waals surface area contributed by atoms with Gasteiger partial charge in [0.25, 0.3) is 0 Å². The molecule has 0 aliphatic heterocycles. The molecule has 22 heavy (non-hydrogen) atoms. The van der Waals surface area contributed by atoms with Gasteiger partial charge in [-0.25, -0.2) is 4.79 Å². The van der Waals surface area contributed by atoms with Gasteiger partial charge in [0.05, 0.1) is 29.6 Å². The Morgan fingerprint density at radius 3 is 2.77 bits per heavy atom. The number of carboxylic acid groups (broad SMARTS) is 1. The Hall–Kier alpha value is -2.73. The van der Waals surface area contributed by atoms with Crippen LogP contribution in [0, 0.1) is 0 Å². The lowest BCUT2D eigenvalue weighted by atomic mass is 10.2. The summed E-state index contributed by atoms with van der Waals surface area (Å²) < 4.78 is 4.88. The molecule has 0 saturated carbocycles. The lowest BCUT2D eigenvalue weighted by Crippen LogP contribution is -1.99. The summed E-state index contributed by atoms with van der Waals surface area (Å²) in [6, 6.07) is 8.81. The van der Waals surface area contributed by atoms with Gasteiger partial charge in [0.15, 0.2) is 0 Å². The van der Waals surface area contributed by atoms with Crippen LogP contribution in [-0.4, -0.2) is 24.4 Å². The Balaban J connectivity index is 2.14. The number of carbonyl (C=O) groups is 1. The highest BCUT2D eigenvalue weighted by atomic mass is 35.5. The Kier molecular flexibility index (Phi) is 4.85. The van der Waals surface area contributed by atoms with Gasteiger partial charge in [-0.2, -0.15) is 5.10 Å². The molecule has 2 aromatic carbocycles. The van der Waals surface area contributed by atoms with Crippen molar-refractivity contribution >= 4 is 29.5 Å². The fourth-order valence-electron chi connectivity index (χ4n) is 1.69. The van der Waals surface area contributed by atoms with Gasteiger partial charge >= 0.3 is 5.97 Å². The van der Waals surface area contributed by atoms with Crippen LogP contribution in [0.4, 0.5) is 5.69 Å². The number of nitrogens with zero attached hydrogens (tertiary/aromatic N) is 1. The van der Waals surface area contributed by atoms with E-state index in [1.807, 2.05) is 0 Å². The number of rotatable bonds is 5. The number of methoxy groups -OCH3 is 1. The maximum Gasteiger partial charge on any atom is 0.335 e. The lowest BCUT2D eigenvalue weighted by molar-refractivity contribution is -0.270. The summed E-state index contributed by atoms with van der Waals surface area (Å²) in [6.45, 7) is 0. The number of hydrogen-bond acceptors (Lipinski definition) is 5. The first kappa shape index (κ1) is 15.7. The zero-order valence-corrected chi connectivity index (χ0v) is 12.3. The first-order valence-corrected chi connectivity index (χ1v) is 6.56. The molecule has 0 aliphatic carbocycles. The molecule has 114 valence electrons. The van der Waals surface area contributed by atoms with Crippen molar-refractivity contribution < 1.29 is 19.7 Å². The quantitative estimate of drug-likeness (QED) is 0.652. The van der Waals surface area contributed by atoms with Gasteiger partial charge in [0.1, 0.15) is 5.75 Å². The second kappa shape index (κ2) is 6.82. The second-order valence-electron chi connectivity index (χ2n) is 4.28. The zero-order chi connectivity index (χ0) is 16.1. The molecule has 2 aromatic rings. The first-order chi connectivity index (χ1) is 10.5. The van der Waals surface area contributed by atoms with E-state index in [9.17, 15) is 9.90 Å². The van der Waals surface area contributed by atoms with E-state index in [1.165, 1.54) is 37.6 Å². The number of halogens is 1. The van der Waals surface area contributed by atoms with Crippen molar-refractivity contribution in [2.24, 2.45) is 5.10 Å². The van der Waals surface area contributed by atoms with Crippen LogP contribution in [-0.2, 0) is 0 Å². The SMILES string of the molecule is COc1ccc(/C=N\Nc2cc(C(=O)O)ccc2Cl)cc1[O-]. The molecule has 0 heterocycles. The minimum absolute atomic E-state index is 0.0911. The second-order valence-corrected chi connectivity index (χ2v) is 4.69. The number of carboxylic acids is 1. The topological polar surface area (TPSA) is 94.0 Å². The highest BCUT2D eigenvalue weighted by Gasteiger charge is 2.06. The van der Waals surface area contributed by atoms with Gasteiger partial charge in [-0.15, -0.1) is 0 Å². The van der Waals surface area contributed by atoms with Crippen LogP contribution in [0.3, 0.4) is 0 Å². The van der Waals surface area contributed by atoms with Crippen molar-refractivity contribution in [3.8, 4) is 11.5 Å². The number of nitrogens with one attached hydrogen (secondary N) is 1. The normalized spacial score (nSPS) is 10.6. The van der Waals surface area contributed by atoms with Crippen LogP contribution in [0.25, 0.3) is 0 Å². The van der Waals surface area contributed by atoms with Crippen LogP contribution in [0.5, 0.6) is 11.5 Å². The van der Waals surface area contributed by atoms with Crippen LogP contribution >= 0.6 is 11.6 Å². The molecule has 0 fully saturated rings. The van der Waals surface area contributed by atoms with Crippen molar-refractivity contribution in [1.82, 2.24) is 0 Å². The van der Waals surface area contributed by atoms with E-state index in [-0.39, 0.29) is 17.1 Å². The number of anilines is 1. The molecule has 6 nitrogen and oxygen atoms in total. The van der Waals surface area contributed by atoms with E-state index >= 15 is 0 Å². The Morgan fingerprint density at radius 1 is 1.36 bits per heavy atom. The molecular formula is C15H12ClN2O4-. The summed E-state index contributed by atoms with van der Waals surface area (Å²) in [5.41, 5.74) is 3.66. The molecular weight excluding hydrogens is 308 g/mol. The lowest BCUT2D eigenvalue weighted by Gasteiger charge is -2.12. The zero-order valence-electron chi connectivity index (χ0n) is 11.5. The van der Waals surface area contributed by atoms with Crippen molar-refractivity contribution in [1.29, 1.82) is 0 Å². The molecule has 0 spiro atoms. The third-order valence-electron chi connectivity index (χ3n) is 2.80. The third-order valence-corrected chi connectivity index (χ3v) is 3.13. The van der Waals surface area contributed by atoms with E-state index in [2.05, 4.69) is 10.5 Å². The Morgan fingerprint density at radius 2 is 2.14 bits per heavy atom. The average molecular weight is 320 g/mol. The van der Waals surface area contributed by atoms with Crippen LogP contribution in [0.15, 0.2) is 41.5 Å². The monoisotopic (exact) mass is 319 g/mol. The highest BCUT2D eigenvalue weighted by Crippen LogP contribution is 2.24. The highest BCUT2D eigenvalue weighted by molar-refractivity contribution is 6.33. The first-order valence-electron chi connectivity index (χ1n) is 6.18. The maximum atomic E-state index is 11.6. The predicted molar refractivity (Wildman–Crippen MR) is 82.1 cm³/mol. The fourth-order valence-corrected chi connectivity index (χ4v) is 1.85. The van der Waals surface area contributed by atoms with Crippen LogP contribution < -0.4 is 15.3 Å². The molecule has 0 unspecified atom stereocenters. The minimum Gasteiger partial charge on any atom is -0.870 e. The number of aromatic carboxylic acids is 1. The Labute approximate surface area is 131 Å². The van der Waals surface area contributed by atoms with E-state index < -0.39 is 5.97 Å². The van der Waals surface area contributed by atoms with E-state index in [0.29, 0.717) is 16.3 Å². The minimum atomic E-state index is -1.06. The molecule has 7 heteroatoms. The molecule has 0 bridgehead atoms. The number of ether oxygens (including phenoxy) is 1. The van der Waals surface area contributed by atoms with Crippen LogP contribution in [0.1, 0.15) is 15.9 Å².